The van der Waals surface area contributed by atoms with Gasteiger partial charge in [-0.2, -0.15) is 0 Å². The first kappa shape index (κ1) is 26.0. The number of aromatic amines is 1. The molecule has 0 atom stereocenters. The number of sulfonamides is 1. The Labute approximate surface area is 203 Å². The Morgan fingerprint density at radius 1 is 1.09 bits per heavy atom. The van der Waals surface area contributed by atoms with E-state index in [0.29, 0.717) is 33.8 Å². The Balaban J connectivity index is 2.17. The number of hydrogen-bond donors (Lipinski definition) is 3. The molecule has 0 aliphatic rings. The molecule has 9 nitrogen and oxygen atoms in total. The number of ether oxygens (including phenoxy) is 1. The maximum absolute atomic E-state index is 12.4. The van der Waals surface area contributed by atoms with E-state index in [4.69, 9.17) is 4.74 Å². The van der Waals surface area contributed by atoms with E-state index in [0.717, 1.165) is 11.8 Å². The molecule has 0 spiro atoms. The van der Waals surface area contributed by atoms with Crippen LogP contribution in [0.3, 0.4) is 0 Å². The molecule has 3 N–H and O–H groups in total. The van der Waals surface area contributed by atoms with Gasteiger partial charge < -0.3 is 9.84 Å². The van der Waals surface area contributed by atoms with Crippen molar-refractivity contribution >= 4 is 27.9 Å². The highest BCUT2D eigenvalue weighted by atomic mass is 32.2. The number of H-pyrrole nitrogens is 1. The van der Waals surface area contributed by atoms with Crippen LogP contribution in [0.1, 0.15) is 43.0 Å². The van der Waals surface area contributed by atoms with Gasteiger partial charge in [-0.1, -0.05) is 39.0 Å². The van der Waals surface area contributed by atoms with Crippen LogP contribution in [0.4, 0.5) is 5.69 Å². The molecule has 0 aliphatic carbocycles. The van der Waals surface area contributed by atoms with Crippen molar-refractivity contribution < 1.29 is 18.3 Å². The Hall–Kier alpha value is -3.63. The van der Waals surface area contributed by atoms with Crippen LogP contribution in [0.25, 0.3) is 17.8 Å². The average Bonchev–Trinajstić information content (AvgIpc) is 2.75. The molecule has 0 unspecified atom stereocenters. The molecule has 186 valence electrons. The SMILES string of the molecule is COc1c(C=Cc2ccc(NS(C)(=O)=O)cc2CO)cc(-n2ccc(=O)[nH]c2=O)cc1C(C)(C)C. The van der Waals surface area contributed by atoms with Gasteiger partial charge in [0, 0.05) is 29.1 Å². The van der Waals surface area contributed by atoms with Gasteiger partial charge in [0.1, 0.15) is 5.75 Å². The third-order valence-corrected chi connectivity index (χ3v) is 5.88. The topological polar surface area (TPSA) is 130 Å². The second-order valence-electron chi connectivity index (χ2n) is 9.13. The average molecular weight is 500 g/mol. The molecule has 0 bridgehead atoms. The standard InChI is InChI=1S/C25H29N3O6S/c1-25(2,3)21-14-20(28-11-10-22(30)26-24(28)31)13-17(23(21)34-4)7-6-16-8-9-19(12-18(16)15-29)27-35(5,32)33/h6-14,27,29H,15H2,1-5H3,(H,26,30,31). The van der Waals surface area contributed by atoms with Gasteiger partial charge in [-0.3, -0.25) is 19.1 Å². The minimum atomic E-state index is -3.45. The molecule has 2 aromatic carbocycles. The molecule has 3 aromatic rings. The lowest BCUT2D eigenvalue weighted by molar-refractivity contribution is 0.281. The highest BCUT2D eigenvalue weighted by Crippen LogP contribution is 2.37. The van der Waals surface area contributed by atoms with E-state index in [-0.39, 0.29) is 12.0 Å². The van der Waals surface area contributed by atoms with E-state index < -0.39 is 21.3 Å². The molecule has 0 saturated heterocycles. The highest BCUT2D eigenvalue weighted by Gasteiger charge is 2.22. The maximum Gasteiger partial charge on any atom is 0.332 e. The van der Waals surface area contributed by atoms with Crippen molar-refractivity contribution in [3.8, 4) is 11.4 Å². The largest absolute Gasteiger partial charge is 0.496 e. The normalized spacial score (nSPS) is 12.2. The van der Waals surface area contributed by atoms with Crippen molar-refractivity contribution in [2.24, 2.45) is 0 Å². The lowest BCUT2D eigenvalue weighted by Gasteiger charge is -2.25. The van der Waals surface area contributed by atoms with Crippen LogP contribution >= 0.6 is 0 Å². The second kappa shape index (κ2) is 9.93. The number of aliphatic hydroxyl groups is 1. The van der Waals surface area contributed by atoms with E-state index in [2.05, 4.69) is 9.71 Å². The van der Waals surface area contributed by atoms with Gasteiger partial charge >= 0.3 is 5.69 Å². The first-order chi connectivity index (χ1) is 16.3. The van der Waals surface area contributed by atoms with Gasteiger partial charge in [-0.05, 0) is 40.8 Å². The smallest absolute Gasteiger partial charge is 0.332 e. The van der Waals surface area contributed by atoms with Crippen LogP contribution in [0, 0.1) is 0 Å². The van der Waals surface area contributed by atoms with Gasteiger partial charge in [0.15, 0.2) is 0 Å². The van der Waals surface area contributed by atoms with Crippen LogP contribution < -0.4 is 20.7 Å². The van der Waals surface area contributed by atoms with Crippen molar-refractivity contribution in [3.63, 3.8) is 0 Å². The lowest BCUT2D eigenvalue weighted by atomic mass is 9.84. The summed E-state index contributed by atoms with van der Waals surface area (Å²) in [6, 6.07) is 9.76. The number of benzene rings is 2. The van der Waals surface area contributed by atoms with Crippen molar-refractivity contribution in [2.45, 2.75) is 32.8 Å². The number of nitrogens with zero attached hydrogens (tertiary/aromatic N) is 1. The van der Waals surface area contributed by atoms with Crippen molar-refractivity contribution in [1.29, 1.82) is 0 Å². The Morgan fingerprint density at radius 3 is 2.34 bits per heavy atom. The first-order valence-corrected chi connectivity index (χ1v) is 12.7. The molecule has 3 rings (SSSR count). The monoisotopic (exact) mass is 499 g/mol. The maximum atomic E-state index is 12.4. The Morgan fingerprint density at radius 2 is 1.77 bits per heavy atom. The van der Waals surface area contributed by atoms with Gasteiger partial charge in [-0.25, -0.2) is 13.2 Å². The van der Waals surface area contributed by atoms with Gasteiger partial charge in [-0.15, -0.1) is 0 Å². The molecule has 35 heavy (non-hydrogen) atoms. The number of methoxy groups -OCH3 is 1. The zero-order valence-corrected chi connectivity index (χ0v) is 21.1. The lowest BCUT2D eigenvalue weighted by Crippen LogP contribution is -2.28. The van der Waals surface area contributed by atoms with E-state index in [1.54, 1.807) is 43.5 Å². The van der Waals surface area contributed by atoms with E-state index in [1.807, 2.05) is 26.8 Å². The summed E-state index contributed by atoms with van der Waals surface area (Å²) in [5.41, 5.74) is 2.25. The summed E-state index contributed by atoms with van der Waals surface area (Å²) < 4.78 is 32.5. The summed E-state index contributed by atoms with van der Waals surface area (Å²) in [5, 5.41) is 9.83. The molecule has 10 heteroatoms. The number of rotatable bonds is 7. The summed E-state index contributed by atoms with van der Waals surface area (Å²) >= 11 is 0. The van der Waals surface area contributed by atoms with Gasteiger partial charge in [0.25, 0.3) is 5.56 Å². The third-order valence-electron chi connectivity index (χ3n) is 5.28. The van der Waals surface area contributed by atoms with Crippen molar-refractivity contribution in [2.75, 3.05) is 18.1 Å². The van der Waals surface area contributed by atoms with E-state index >= 15 is 0 Å². The molecule has 1 heterocycles. The van der Waals surface area contributed by atoms with Crippen LogP contribution in [0.15, 0.2) is 52.2 Å². The summed E-state index contributed by atoms with van der Waals surface area (Å²) in [6.45, 7) is 5.77. The second-order valence-corrected chi connectivity index (χ2v) is 10.9. The van der Waals surface area contributed by atoms with Gasteiger partial charge in [0.05, 0.1) is 25.7 Å². The summed E-state index contributed by atoms with van der Waals surface area (Å²) in [7, 11) is -1.88. The van der Waals surface area contributed by atoms with Crippen molar-refractivity contribution in [3.05, 3.63) is 85.7 Å². The summed E-state index contributed by atoms with van der Waals surface area (Å²) in [5.74, 6) is 0.621. The predicted octanol–water partition coefficient (Wildman–Crippen LogP) is 2.87. The minimum Gasteiger partial charge on any atom is -0.496 e. The molecular weight excluding hydrogens is 470 g/mol. The zero-order chi connectivity index (χ0) is 26.0. The number of nitrogens with one attached hydrogen (secondary N) is 2. The quantitative estimate of drug-likeness (QED) is 0.429. The molecular formula is C25H29N3O6S. The molecule has 0 fully saturated rings. The number of hydrogen-bond acceptors (Lipinski definition) is 6. The molecule has 0 saturated carbocycles. The molecule has 0 aliphatic heterocycles. The molecule has 0 amide bonds. The Bertz CT molecular complexity index is 1490. The minimum absolute atomic E-state index is 0.295. The number of aromatic nitrogens is 2. The molecule has 0 radical (unpaired) electrons. The summed E-state index contributed by atoms with van der Waals surface area (Å²) in [6.07, 6.45) is 6.05. The Kier molecular flexibility index (Phi) is 7.37. The van der Waals surface area contributed by atoms with Crippen molar-refractivity contribution in [1.82, 2.24) is 9.55 Å². The van der Waals surface area contributed by atoms with E-state index in [1.165, 1.54) is 16.8 Å². The van der Waals surface area contributed by atoms with Crippen LogP contribution in [-0.2, 0) is 22.0 Å². The predicted molar refractivity (Wildman–Crippen MR) is 138 cm³/mol. The van der Waals surface area contributed by atoms with E-state index in [9.17, 15) is 23.1 Å². The van der Waals surface area contributed by atoms with Gasteiger partial charge in [0.2, 0.25) is 10.0 Å². The van der Waals surface area contributed by atoms with Crippen LogP contribution in [0.5, 0.6) is 5.75 Å². The highest BCUT2D eigenvalue weighted by molar-refractivity contribution is 7.92. The zero-order valence-electron chi connectivity index (χ0n) is 20.2. The van der Waals surface area contributed by atoms with Crippen LogP contribution in [-0.4, -0.2) is 36.4 Å². The third kappa shape index (κ3) is 6.28. The fraction of sp³-hybridized carbons (Fsp3) is 0.280. The molecule has 1 aromatic heterocycles. The number of aliphatic hydroxyl groups excluding tert-OH is 1. The number of anilines is 1. The first-order valence-electron chi connectivity index (χ1n) is 10.8. The fourth-order valence-corrected chi connectivity index (χ4v) is 4.22. The fourth-order valence-electron chi connectivity index (χ4n) is 3.67. The summed E-state index contributed by atoms with van der Waals surface area (Å²) in [4.78, 5) is 26.2. The van der Waals surface area contributed by atoms with Crippen LogP contribution in [0.2, 0.25) is 0 Å².